The highest BCUT2D eigenvalue weighted by molar-refractivity contribution is 5.79. The maximum Gasteiger partial charge on any atom is 0.0480 e. The van der Waals surface area contributed by atoms with E-state index in [-0.39, 0.29) is 0 Å². The van der Waals surface area contributed by atoms with E-state index < -0.39 is 0 Å². The smallest absolute Gasteiger partial charge is 0.0480 e. The number of para-hydroxylation sites is 1. The Bertz CT molecular complexity index is 715. The summed E-state index contributed by atoms with van der Waals surface area (Å²) < 4.78 is 2.38. The van der Waals surface area contributed by atoms with Crippen molar-refractivity contribution in [3.63, 3.8) is 0 Å². The summed E-state index contributed by atoms with van der Waals surface area (Å²) in [4.78, 5) is 2.53. The fraction of sp³-hybridized carbons (Fsp3) is 0.333. The average molecular weight is 306 g/mol. The number of hydrogen-bond donors (Lipinski definition) is 0. The zero-order chi connectivity index (χ0) is 15.9. The average Bonchev–Trinajstić information content (AvgIpc) is 3.02. The van der Waals surface area contributed by atoms with Gasteiger partial charge in [-0.2, -0.15) is 0 Å². The van der Waals surface area contributed by atoms with E-state index in [4.69, 9.17) is 0 Å². The van der Waals surface area contributed by atoms with Gasteiger partial charge >= 0.3 is 0 Å². The molecule has 23 heavy (non-hydrogen) atoms. The van der Waals surface area contributed by atoms with Crippen LogP contribution in [0.4, 0.5) is 0 Å². The quantitative estimate of drug-likeness (QED) is 0.535. The number of aromatic nitrogens is 1. The second-order valence-corrected chi connectivity index (χ2v) is 6.13. The maximum absolute atomic E-state index is 2.53. The monoisotopic (exact) mass is 306 g/mol. The molecule has 0 atom stereocenters. The van der Waals surface area contributed by atoms with Crippen molar-refractivity contribution < 1.29 is 0 Å². The number of rotatable bonds is 8. The van der Waals surface area contributed by atoms with Crippen LogP contribution < -0.4 is 0 Å². The molecule has 0 aliphatic carbocycles. The van der Waals surface area contributed by atoms with E-state index in [2.05, 4.69) is 83.3 Å². The third-order valence-electron chi connectivity index (χ3n) is 4.50. The van der Waals surface area contributed by atoms with Gasteiger partial charge in [-0.25, -0.2) is 0 Å². The molecule has 0 bridgehead atoms. The Morgan fingerprint density at radius 3 is 2.48 bits per heavy atom. The van der Waals surface area contributed by atoms with Crippen molar-refractivity contribution in [2.24, 2.45) is 0 Å². The summed E-state index contributed by atoms with van der Waals surface area (Å²) in [5.41, 5.74) is 2.76. The third-order valence-corrected chi connectivity index (χ3v) is 4.50. The van der Waals surface area contributed by atoms with Crippen molar-refractivity contribution in [2.45, 2.75) is 32.9 Å². The minimum atomic E-state index is 1.06. The van der Waals surface area contributed by atoms with Gasteiger partial charge in [-0.05, 0) is 49.0 Å². The second-order valence-electron chi connectivity index (χ2n) is 6.13. The van der Waals surface area contributed by atoms with Crippen LogP contribution in [0.15, 0.2) is 66.9 Å². The van der Waals surface area contributed by atoms with Gasteiger partial charge in [-0.15, -0.1) is 0 Å². The van der Waals surface area contributed by atoms with Crippen LogP contribution in [0, 0.1) is 0 Å². The van der Waals surface area contributed by atoms with Gasteiger partial charge in [0, 0.05) is 24.8 Å². The maximum atomic E-state index is 2.53. The molecule has 0 aliphatic heterocycles. The Kier molecular flexibility index (Phi) is 5.49. The van der Waals surface area contributed by atoms with Crippen molar-refractivity contribution in [1.82, 2.24) is 9.47 Å². The van der Waals surface area contributed by atoms with E-state index in [1.807, 2.05) is 0 Å². The van der Waals surface area contributed by atoms with E-state index in [1.165, 1.54) is 35.9 Å². The van der Waals surface area contributed by atoms with Gasteiger partial charge in [0.05, 0.1) is 0 Å². The predicted molar refractivity (Wildman–Crippen MR) is 98.6 cm³/mol. The van der Waals surface area contributed by atoms with Crippen LogP contribution >= 0.6 is 0 Å². The molecule has 0 spiro atoms. The Morgan fingerprint density at radius 1 is 0.870 bits per heavy atom. The number of hydrogen-bond acceptors (Lipinski definition) is 1. The highest BCUT2D eigenvalue weighted by Gasteiger charge is 2.04. The van der Waals surface area contributed by atoms with Gasteiger partial charge in [-0.1, -0.05) is 55.5 Å². The number of fused-ring (bicyclic) bond motifs is 1. The first kappa shape index (κ1) is 15.8. The lowest BCUT2D eigenvalue weighted by molar-refractivity contribution is 0.272. The minimum Gasteiger partial charge on any atom is -0.347 e. The SMILES string of the molecule is CCN(CCCCn1ccc2ccccc21)Cc1ccccc1. The van der Waals surface area contributed by atoms with E-state index in [0.717, 1.165) is 19.6 Å². The van der Waals surface area contributed by atoms with Gasteiger partial charge in [0.1, 0.15) is 0 Å². The predicted octanol–water partition coefficient (Wildman–Crippen LogP) is 4.94. The highest BCUT2D eigenvalue weighted by Crippen LogP contribution is 2.16. The molecule has 0 saturated carbocycles. The van der Waals surface area contributed by atoms with Gasteiger partial charge in [-0.3, -0.25) is 4.90 Å². The fourth-order valence-electron chi connectivity index (χ4n) is 3.14. The van der Waals surface area contributed by atoms with Crippen LogP contribution in [0.5, 0.6) is 0 Å². The molecule has 120 valence electrons. The van der Waals surface area contributed by atoms with Crippen LogP contribution in [0.1, 0.15) is 25.3 Å². The van der Waals surface area contributed by atoms with E-state index in [1.54, 1.807) is 0 Å². The summed E-state index contributed by atoms with van der Waals surface area (Å²) in [6.07, 6.45) is 4.68. The highest BCUT2D eigenvalue weighted by atomic mass is 15.1. The van der Waals surface area contributed by atoms with Crippen LogP contribution in [0.3, 0.4) is 0 Å². The summed E-state index contributed by atoms with van der Waals surface area (Å²) in [5, 5.41) is 1.34. The standard InChI is InChI=1S/C21H26N2/c1-2-22(18-19-10-4-3-5-11-19)15-8-9-16-23-17-14-20-12-6-7-13-21(20)23/h3-7,10-14,17H,2,8-9,15-16,18H2,1H3. The normalized spacial score (nSPS) is 11.4. The lowest BCUT2D eigenvalue weighted by atomic mass is 10.2. The summed E-state index contributed by atoms with van der Waals surface area (Å²) in [6, 6.07) is 21.6. The lowest BCUT2D eigenvalue weighted by Crippen LogP contribution is -2.24. The summed E-state index contributed by atoms with van der Waals surface area (Å²) in [5.74, 6) is 0. The first-order valence-electron chi connectivity index (χ1n) is 8.67. The first-order chi connectivity index (χ1) is 11.4. The number of nitrogens with zero attached hydrogens (tertiary/aromatic N) is 2. The van der Waals surface area contributed by atoms with Gasteiger partial charge in [0.25, 0.3) is 0 Å². The molecule has 0 N–H and O–H groups in total. The molecule has 3 rings (SSSR count). The molecule has 2 nitrogen and oxygen atoms in total. The first-order valence-corrected chi connectivity index (χ1v) is 8.67. The molecule has 0 unspecified atom stereocenters. The molecular weight excluding hydrogens is 280 g/mol. The van der Waals surface area contributed by atoms with Crippen LogP contribution in [-0.4, -0.2) is 22.6 Å². The minimum absolute atomic E-state index is 1.06. The van der Waals surface area contributed by atoms with Crippen molar-refractivity contribution >= 4 is 10.9 Å². The molecule has 3 aromatic rings. The number of benzene rings is 2. The van der Waals surface area contributed by atoms with Gasteiger partial charge < -0.3 is 4.57 Å². The molecule has 1 heterocycles. The van der Waals surface area contributed by atoms with Gasteiger partial charge in [0.15, 0.2) is 0 Å². The van der Waals surface area contributed by atoms with Gasteiger partial charge in [0.2, 0.25) is 0 Å². The molecule has 0 saturated heterocycles. The zero-order valence-corrected chi connectivity index (χ0v) is 14.0. The largest absolute Gasteiger partial charge is 0.347 e. The molecular formula is C21H26N2. The lowest BCUT2D eigenvalue weighted by Gasteiger charge is -2.20. The van der Waals surface area contributed by atoms with Crippen molar-refractivity contribution in [1.29, 1.82) is 0 Å². The van der Waals surface area contributed by atoms with Crippen LogP contribution in [0.2, 0.25) is 0 Å². The van der Waals surface area contributed by atoms with Crippen molar-refractivity contribution in [3.8, 4) is 0 Å². The number of aryl methyl sites for hydroxylation is 1. The number of unbranched alkanes of at least 4 members (excludes halogenated alkanes) is 1. The van der Waals surface area contributed by atoms with E-state index >= 15 is 0 Å². The molecule has 1 aromatic heterocycles. The Morgan fingerprint density at radius 2 is 1.65 bits per heavy atom. The molecule has 0 fully saturated rings. The van der Waals surface area contributed by atoms with Crippen LogP contribution in [-0.2, 0) is 13.1 Å². The summed E-state index contributed by atoms with van der Waals surface area (Å²) in [7, 11) is 0. The molecule has 2 aromatic carbocycles. The van der Waals surface area contributed by atoms with E-state index in [0.29, 0.717) is 0 Å². The molecule has 2 heteroatoms. The van der Waals surface area contributed by atoms with Crippen molar-refractivity contribution in [2.75, 3.05) is 13.1 Å². The Labute approximate surface area is 139 Å². The third kappa shape index (κ3) is 4.23. The zero-order valence-electron chi connectivity index (χ0n) is 14.0. The fourth-order valence-corrected chi connectivity index (χ4v) is 3.14. The van der Waals surface area contributed by atoms with E-state index in [9.17, 15) is 0 Å². The van der Waals surface area contributed by atoms with Crippen molar-refractivity contribution in [3.05, 3.63) is 72.4 Å². The topological polar surface area (TPSA) is 8.17 Å². The Hall–Kier alpha value is -2.06. The summed E-state index contributed by atoms with van der Waals surface area (Å²) in [6.45, 7) is 6.70. The Balaban J connectivity index is 1.47. The second kappa shape index (κ2) is 7.98. The molecule has 0 radical (unpaired) electrons. The molecule has 0 aliphatic rings. The summed E-state index contributed by atoms with van der Waals surface area (Å²) >= 11 is 0. The van der Waals surface area contributed by atoms with Crippen LogP contribution in [0.25, 0.3) is 10.9 Å². The molecule has 0 amide bonds.